The van der Waals surface area contributed by atoms with E-state index in [1.807, 2.05) is 0 Å². The van der Waals surface area contributed by atoms with E-state index in [2.05, 4.69) is 21.9 Å². The zero-order chi connectivity index (χ0) is 17.6. The fourth-order valence-electron chi connectivity index (χ4n) is 2.98. The highest BCUT2D eigenvalue weighted by atomic mass is 32.2. The summed E-state index contributed by atoms with van der Waals surface area (Å²) in [6.07, 6.45) is 5.88. The lowest BCUT2D eigenvalue weighted by Crippen LogP contribution is -2.39. The Morgan fingerprint density at radius 2 is 1.96 bits per heavy atom. The van der Waals surface area contributed by atoms with Crippen LogP contribution in [0, 0.1) is 0 Å². The molecule has 1 fully saturated rings. The van der Waals surface area contributed by atoms with E-state index in [1.54, 1.807) is 24.3 Å². The van der Waals surface area contributed by atoms with Gasteiger partial charge in [-0.05, 0) is 57.0 Å². The summed E-state index contributed by atoms with van der Waals surface area (Å²) in [4.78, 5) is 14.6. The summed E-state index contributed by atoms with van der Waals surface area (Å²) in [5, 5.41) is 2.92. The predicted octanol–water partition coefficient (Wildman–Crippen LogP) is 2.05. The van der Waals surface area contributed by atoms with Crippen molar-refractivity contribution in [3.8, 4) is 0 Å². The molecule has 1 aromatic rings. The van der Waals surface area contributed by atoms with E-state index in [0.29, 0.717) is 23.8 Å². The minimum absolute atomic E-state index is 0.132. The summed E-state index contributed by atoms with van der Waals surface area (Å²) >= 11 is 0. The summed E-state index contributed by atoms with van der Waals surface area (Å²) in [5.41, 5.74) is 0.980. The number of carbonyl (C=O) groups excluding carboxylic acids is 1. The summed E-state index contributed by atoms with van der Waals surface area (Å²) in [7, 11) is -3.30. The van der Waals surface area contributed by atoms with Gasteiger partial charge in [0.15, 0.2) is 0 Å². The van der Waals surface area contributed by atoms with Crippen LogP contribution in [0.4, 0.5) is 5.69 Å². The fourth-order valence-corrected chi connectivity index (χ4v) is 3.54. The number of sulfonamides is 1. The molecule has 1 aliphatic heterocycles. The number of amides is 1. The van der Waals surface area contributed by atoms with Crippen molar-refractivity contribution in [2.45, 2.75) is 38.6 Å². The highest BCUT2D eigenvalue weighted by Crippen LogP contribution is 2.16. The number of nitrogens with zero attached hydrogens (tertiary/aromatic N) is 1. The molecule has 1 heterocycles. The van der Waals surface area contributed by atoms with Crippen LogP contribution in [0.15, 0.2) is 24.3 Å². The summed E-state index contributed by atoms with van der Waals surface area (Å²) in [5.74, 6) is -0.132. The minimum Gasteiger partial charge on any atom is -0.352 e. The molecule has 1 unspecified atom stereocenters. The third kappa shape index (κ3) is 6.13. The molecule has 0 radical (unpaired) electrons. The smallest absolute Gasteiger partial charge is 0.251 e. The first-order chi connectivity index (χ1) is 11.3. The van der Waals surface area contributed by atoms with Gasteiger partial charge in [0.1, 0.15) is 0 Å². The lowest BCUT2D eigenvalue weighted by molar-refractivity contribution is 0.0949. The number of nitrogens with one attached hydrogen (secondary N) is 2. The number of hydrogen-bond acceptors (Lipinski definition) is 4. The molecule has 0 bridgehead atoms. The van der Waals surface area contributed by atoms with Gasteiger partial charge in [-0.2, -0.15) is 0 Å². The molecular formula is C17H27N3O3S. The van der Waals surface area contributed by atoms with Gasteiger partial charge in [-0.15, -0.1) is 0 Å². The molecule has 0 spiro atoms. The van der Waals surface area contributed by atoms with Crippen molar-refractivity contribution in [1.82, 2.24) is 10.2 Å². The zero-order valence-corrected chi connectivity index (χ0v) is 15.2. The molecule has 1 aliphatic rings. The van der Waals surface area contributed by atoms with Crippen molar-refractivity contribution in [2.24, 2.45) is 0 Å². The van der Waals surface area contributed by atoms with Crippen LogP contribution in [-0.2, 0) is 10.0 Å². The average molecular weight is 353 g/mol. The van der Waals surface area contributed by atoms with Crippen molar-refractivity contribution < 1.29 is 13.2 Å². The number of carbonyl (C=O) groups is 1. The van der Waals surface area contributed by atoms with E-state index in [4.69, 9.17) is 0 Å². The molecule has 7 heteroatoms. The number of rotatable bonds is 7. The van der Waals surface area contributed by atoms with Gasteiger partial charge >= 0.3 is 0 Å². The molecule has 0 aliphatic carbocycles. The van der Waals surface area contributed by atoms with Crippen molar-refractivity contribution >= 4 is 21.6 Å². The topological polar surface area (TPSA) is 78.5 Å². The first-order valence-electron chi connectivity index (χ1n) is 8.45. The van der Waals surface area contributed by atoms with Crippen LogP contribution in [0.25, 0.3) is 0 Å². The molecule has 2 N–H and O–H groups in total. The molecule has 0 aromatic heterocycles. The maximum Gasteiger partial charge on any atom is 0.251 e. The Morgan fingerprint density at radius 3 is 2.58 bits per heavy atom. The quantitative estimate of drug-likeness (QED) is 0.736. The second kappa shape index (κ2) is 8.48. The van der Waals surface area contributed by atoms with Crippen LogP contribution in [-0.4, -0.2) is 51.2 Å². The Labute approximate surface area is 144 Å². The molecule has 1 atom stereocenters. The fraction of sp³-hybridized carbons (Fsp3) is 0.588. The summed E-state index contributed by atoms with van der Waals surface area (Å²) < 4.78 is 24.7. The van der Waals surface area contributed by atoms with Crippen molar-refractivity contribution in [1.29, 1.82) is 0 Å². The number of hydrogen-bond donors (Lipinski definition) is 2. The van der Waals surface area contributed by atoms with Gasteiger partial charge < -0.3 is 10.2 Å². The third-order valence-corrected chi connectivity index (χ3v) is 4.91. The molecule has 24 heavy (non-hydrogen) atoms. The molecule has 134 valence electrons. The van der Waals surface area contributed by atoms with Gasteiger partial charge in [0.25, 0.3) is 5.91 Å². The normalized spacial score (nSPS) is 19.0. The second-order valence-electron chi connectivity index (χ2n) is 6.44. The van der Waals surface area contributed by atoms with Gasteiger partial charge in [-0.1, -0.05) is 6.42 Å². The van der Waals surface area contributed by atoms with Crippen LogP contribution in [0.2, 0.25) is 0 Å². The van der Waals surface area contributed by atoms with Crippen molar-refractivity contribution in [3.63, 3.8) is 0 Å². The molecule has 0 saturated carbocycles. The van der Waals surface area contributed by atoms with Gasteiger partial charge in [0, 0.05) is 30.4 Å². The van der Waals surface area contributed by atoms with Crippen molar-refractivity contribution in [3.05, 3.63) is 29.8 Å². The average Bonchev–Trinajstić information content (AvgIpc) is 2.52. The Kier molecular flexibility index (Phi) is 6.62. The Hall–Kier alpha value is -1.60. The highest BCUT2D eigenvalue weighted by molar-refractivity contribution is 7.92. The molecular weight excluding hydrogens is 326 g/mol. The maximum atomic E-state index is 12.1. The number of benzene rings is 1. The largest absolute Gasteiger partial charge is 0.352 e. The SMILES string of the molecule is CC1CCCCN1CCCNC(=O)c1ccc(NS(C)(=O)=O)cc1. The number of likely N-dealkylation sites (tertiary alicyclic amines) is 1. The van der Waals surface area contributed by atoms with E-state index in [1.165, 1.54) is 19.3 Å². The van der Waals surface area contributed by atoms with Gasteiger partial charge in [0.05, 0.1) is 6.26 Å². The molecule has 1 saturated heterocycles. The van der Waals surface area contributed by atoms with Gasteiger partial charge in [-0.25, -0.2) is 8.42 Å². The van der Waals surface area contributed by atoms with E-state index in [0.717, 1.165) is 25.8 Å². The van der Waals surface area contributed by atoms with Crippen LogP contribution < -0.4 is 10.0 Å². The lowest BCUT2D eigenvalue weighted by atomic mass is 10.0. The maximum absolute atomic E-state index is 12.1. The minimum atomic E-state index is -3.30. The highest BCUT2D eigenvalue weighted by Gasteiger charge is 2.17. The predicted molar refractivity (Wildman–Crippen MR) is 96.7 cm³/mol. The van der Waals surface area contributed by atoms with E-state index in [9.17, 15) is 13.2 Å². The molecule has 6 nitrogen and oxygen atoms in total. The Balaban J connectivity index is 1.74. The van der Waals surface area contributed by atoms with Crippen LogP contribution >= 0.6 is 0 Å². The van der Waals surface area contributed by atoms with E-state index < -0.39 is 10.0 Å². The zero-order valence-electron chi connectivity index (χ0n) is 14.4. The van der Waals surface area contributed by atoms with E-state index in [-0.39, 0.29) is 5.91 Å². The number of anilines is 1. The monoisotopic (exact) mass is 353 g/mol. The summed E-state index contributed by atoms with van der Waals surface area (Å²) in [6.45, 7) is 5.08. The molecule has 1 aromatic carbocycles. The first kappa shape index (κ1) is 18.7. The molecule has 1 amide bonds. The van der Waals surface area contributed by atoms with E-state index >= 15 is 0 Å². The standard InChI is InChI=1S/C17H27N3O3S/c1-14-6-3-4-12-20(14)13-5-11-18-17(21)15-7-9-16(10-8-15)19-24(2,22)23/h7-10,14,19H,3-6,11-13H2,1-2H3,(H,18,21). The molecule has 2 rings (SSSR count). The Morgan fingerprint density at radius 1 is 1.25 bits per heavy atom. The van der Waals surface area contributed by atoms with Gasteiger partial charge in [0.2, 0.25) is 10.0 Å². The van der Waals surface area contributed by atoms with Gasteiger partial charge in [-0.3, -0.25) is 9.52 Å². The summed E-state index contributed by atoms with van der Waals surface area (Å²) in [6, 6.07) is 7.06. The van der Waals surface area contributed by atoms with Crippen LogP contribution in [0.1, 0.15) is 43.0 Å². The third-order valence-electron chi connectivity index (χ3n) is 4.30. The van der Waals surface area contributed by atoms with Crippen LogP contribution in [0.3, 0.4) is 0 Å². The second-order valence-corrected chi connectivity index (χ2v) is 8.19. The van der Waals surface area contributed by atoms with Crippen LogP contribution in [0.5, 0.6) is 0 Å². The Bertz CT molecular complexity index is 644. The number of piperidine rings is 1. The first-order valence-corrected chi connectivity index (χ1v) is 10.3. The lowest BCUT2D eigenvalue weighted by Gasteiger charge is -2.33. The van der Waals surface area contributed by atoms with Crippen molar-refractivity contribution in [2.75, 3.05) is 30.6 Å².